The molecule has 1 N–H and O–H groups in total. The smallest absolute Gasteiger partial charge is 0.187 e. The highest BCUT2D eigenvalue weighted by Crippen LogP contribution is 2.42. The van der Waals surface area contributed by atoms with E-state index in [0.29, 0.717) is 12.3 Å². The second kappa shape index (κ2) is 11.3. The minimum atomic E-state index is 0.643. The number of piperazine rings is 1. The van der Waals surface area contributed by atoms with Crippen LogP contribution in [0.3, 0.4) is 0 Å². The number of hydrogen-bond donors (Lipinski definition) is 1. The molecule has 2 aliphatic rings. The van der Waals surface area contributed by atoms with Crippen LogP contribution in [-0.4, -0.2) is 90.7 Å². The topological polar surface area (TPSA) is 82.6 Å². The summed E-state index contributed by atoms with van der Waals surface area (Å²) in [7, 11) is 0. The summed E-state index contributed by atoms with van der Waals surface area (Å²) in [5, 5.41) is 8.17. The molecule has 2 fully saturated rings. The fourth-order valence-corrected chi connectivity index (χ4v) is 5.79. The summed E-state index contributed by atoms with van der Waals surface area (Å²) in [6.07, 6.45) is 1.59. The van der Waals surface area contributed by atoms with E-state index in [2.05, 4.69) is 100 Å². The number of aromatic amines is 1. The standard InChI is InChI=1S/C28H32BrN7O2/c1-20-7-8-22(21-5-3-2-4-6-21)25(38-18-15-34-13-16-37-17-14-34)24(20)35-9-11-36(12-10-35)28-23-26(29)32-33-27(23)30-19-31-28/h2-8,19H,9-18H2,1H3,(H,30,31,32,33). The third-order valence-electron chi connectivity index (χ3n) is 7.36. The lowest BCUT2D eigenvalue weighted by Crippen LogP contribution is -2.47. The summed E-state index contributed by atoms with van der Waals surface area (Å²) < 4.78 is 13.0. The summed E-state index contributed by atoms with van der Waals surface area (Å²) in [4.78, 5) is 16.1. The molecule has 0 bridgehead atoms. The van der Waals surface area contributed by atoms with Crippen LogP contribution >= 0.6 is 15.9 Å². The first-order valence-electron chi connectivity index (χ1n) is 13.2. The Morgan fingerprint density at radius 1 is 0.947 bits per heavy atom. The maximum Gasteiger partial charge on any atom is 0.187 e. The molecule has 0 aliphatic carbocycles. The Labute approximate surface area is 230 Å². The van der Waals surface area contributed by atoms with Crippen molar-refractivity contribution in [2.45, 2.75) is 6.92 Å². The lowest BCUT2D eigenvalue weighted by Gasteiger charge is -2.38. The zero-order valence-corrected chi connectivity index (χ0v) is 23.2. The molecule has 2 aromatic carbocycles. The van der Waals surface area contributed by atoms with Crippen LogP contribution in [-0.2, 0) is 4.74 Å². The van der Waals surface area contributed by atoms with E-state index in [1.807, 2.05) is 0 Å². The lowest BCUT2D eigenvalue weighted by atomic mass is 10.00. The molecule has 198 valence electrons. The van der Waals surface area contributed by atoms with Gasteiger partial charge in [0.05, 0.1) is 24.3 Å². The lowest BCUT2D eigenvalue weighted by molar-refractivity contribution is 0.0323. The van der Waals surface area contributed by atoms with Crippen LogP contribution in [0.15, 0.2) is 53.4 Å². The Balaban J connectivity index is 1.26. The summed E-state index contributed by atoms with van der Waals surface area (Å²) >= 11 is 3.57. The highest BCUT2D eigenvalue weighted by Gasteiger charge is 2.26. The van der Waals surface area contributed by atoms with Crippen LogP contribution in [0.5, 0.6) is 5.75 Å². The molecule has 4 heterocycles. The number of benzene rings is 2. The maximum atomic E-state index is 6.66. The van der Waals surface area contributed by atoms with E-state index in [1.54, 1.807) is 6.33 Å². The number of fused-ring (bicyclic) bond motifs is 1. The van der Waals surface area contributed by atoms with E-state index in [0.717, 1.165) is 86.1 Å². The molecule has 2 aromatic heterocycles. The molecule has 0 spiro atoms. The molecular formula is C28H32BrN7O2. The van der Waals surface area contributed by atoms with E-state index in [4.69, 9.17) is 9.47 Å². The zero-order valence-electron chi connectivity index (χ0n) is 21.6. The number of morpholine rings is 1. The van der Waals surface area contributed by atoms with Crippen LogP contribution in [0.2, 0.25) is 0 Å². The summed E-state index contributed by atoms with van der Waals surface area (Å²) in [5.74, 6) is 1.88. The Kier molecular flexibility index (Phi) is 7.44. The first kappa shape index (κ1) is 25.1. The SMILES string of the molecule is Cc1ccc(-c2ccccc2)c(OCCN2CCOCC2)c1N1CCN(c2ncnc3n[nH]c(Br)c23)CC1. The van der Waals surface area contributed by atoms with Crippen LogP contribution in [0, 0.1) is 6.92 Å². The summed E-state index contributed by atoms with van der Waals surface area (Å²) in [6, 6.07) is 15.0. The van der Waals surface area contributed by atoms with Gasteiger partial charge in [0.25, 0.3) is 0 Å². The molecule has 4 aromatic rings. The average molecular weight is 579 g/mol. The summed E-state index contributed by atoms with van der Waals surface area (Å²) in [5.41, 5.74) is 5.39. The van der Waals surface area contributed by atoms with Gasteiger partial charge in [0.1, 0.15) is 23.4 Å². The largest absolute Gasteiger partial charge is 0.489 e. The van der Waals surface area contributed by atoms with Crippen molar-refractivity contribution in [3.8, 4) is 16.9 Å². The van der Waals surface area contributed by atoms with Gasteiger partial charge in [-0.3, -0.25) is 10.00 Å². The molecule has 2 saturated heterocycles. The van der Waals surface area contributed by atoms with Gasteiger partial charge in [0.2, 0.25) is 0 Å². The Hall–Kier alpha value is -3.21. The fourth-order valence-electron chi connectivity index (χ4n) is 5.34. The molecule has 9 nitrogen and oxygen atoms in total. The van der Waals surface area contributed by atoms with Gasteiger partial charge in [-0.2, -0.15) is 5.10 Å². The molecule has 6 rings (SSSR count). The van der Waals surface area contributed by atoms with Crippen molar-refractivity contribution in [3.63, 3.8) is 0 Å². The van der Waals surface area contributed by atoms with Gasteiger partial charge in [-0.15, -0.1) is 0 Å². The predicted octanol–water partition coefficient (Wildman–Crippen LogP) is 4.13. The number of rotatable bonds is 7. The minimum Gasteiger partial charge on any atom is -0.489 e. The fraction of sp³-hybridized carbons (Fsp3) is 0.393. The highest BCUT2D eigenvalue weighted by molar-refractivity contribution is 9.10. The number of anilines is 2. The van der Waals surface area contributed by atoms with Crippen molar-refractivity contribution in [1.29, 1.82) is 0 Å². The van der Waals surface area contributed by atoms with Crippen LogP contribution < -0.4 is 14.5 Å². The van der Waals surface area contributed by atoms with Crippen LogP contribution in [0.25, 0.3) is 22.2 Å². The second-order valence-electron chi connectivity index (χ2n) is 9.68. The van der Waals surface area contributed by atoms with Gasteiger partial charge in [-0.25, -0.2) is 9.97 Å². The van der Waals surface area contributed by atoms with Crippen molar-refractivity contribution in [2.75, 3.05) is 75.4 Å². The molecule has 0 saturated carbocycles. The van der Waals surface area contributed by atoms with E-state index >= 15 is 0 Å². The van der Waals surface area contributed by atoms with E-state index in [9.17, 15) is 0 Å². The van der Waals surface area contributed by atoms with Crippen LogP contribution in [0.4, 0.5) is 11.5 Å². The van der Waals surface area contributed by atoms with E-state index in [1.165, 1.54) is 16.8 Å². The Morgan fingerprint density at radius 2 is 1.71 bits per heavy atom. The zero-order chi connectivity index (χ0) is 25.9. The first-order chi connectivity index (χ1) is 18.7. The van der Waals surface area contributed by atoms with Gasteiger partial charge in [-0.05, 0) is 34.0 Å². The molecule has 2 aliphatic heterocycles. The highest BCUT2D eigenvalue weighted by atomic mass is 79.9. The predicted molar refractivity (Wildman–Crippen MR) is 153 cm³/mol. The van der Waals surface area contributed by atoms with Crippen molar-refractivity contribution in [3.05, 3.63) is 59.0 Å². The van der Waals surface area contributed by atoms with Gasteiger partial charge >= 0.3 is 0 Å². The van der Waals surface area contributed by atoms with Gasteiger partial charge < -0.3 is 19.3 Å². The first-order valence-corrected chi connectivity index (χ1v) is 13.9. The average Bonchev–Trinajstić information content (AvgIpc) is 3.35. The number of aryl methyl sites for hydroxylation is 1. The summed E-state index contributed by atoms with van der Waals surface area (Å²) in [6.45, 7) is 10.6. The molecule has 0 unspecified atom stereocenters. The number of nitrogens with zero attached hydrogens (tertiary/aromatic N) is 6. The Morgan fingerprint density at radius 3 is 2.50 bits per heavy atom. The maximum absolute atomic E-state index is 6.66. The minimum absolute atomic E-state index is 0.643. The van der Waals surface area contributed by atoms with Crippen molar-refractivity contribution >= 4 is 38.5 Å². The molecular weight excluding hydrogens is 546 g/mol. The normalized spacial score (nSPS) is 16.8. The molecule has 0 radical (unpaired) electrons. The second-order valence-corrected chi connectivity index (χ2v) is 10.5. The number of halogens is 1. The van der Waals surface area contributed by atoms with Gasteiger partial charge in [0.15, 0.2) is 11.4 Å². The monoisotopic (exact) mass is 577 g/mol. The third kappa shape index (κ3) is 5.08. The molecule has 0 amide bonds. The van der Waals surface area contributed by atoms with Gasteiger partial charge in [0, 0.05) is 51.4 Å². The van der Waals surface area contributed by atoms with Crippen molar-refractivity contribution in [1.82, 2.24) is 25.1 Å². The van der Waals surface area contributed by atoms with Crippen molar-refractivity contribution < 1.29 is 9.47 Å². The third-order valence-corrected chi connectivity index (χ3v) is 7.93. The number of hydrogen-bond acceptors (Lipinski definition) is 8. The number of nitrogens with one attached hydrogen (secondary N) is 1. The molecule has 0 atom stereocenters. The van der Waals surface area contributed by atoms with Crippen LogP contribution in [0.1, 0.15) is 5.56 Å². The number of aromatic nitrogens is 4. The number of H-pyrrole nitrogens is 1. The molecule has 10 heteroatoms. The van der Waals surface area contributed by atoms with Crippen molar-refractivity contribution in [2.24, 2.45) is 0 Å². The van der Waals surface area contributed by atoms with E-state index in [-0.39, 0.29) is 0 Å². The van der Waals surface area contributed by atoms with E-state index < -0.39 is 0 Å². The number of ether oxygens (including phenoxy) is 2. The Bertz CT molecular complexity index is 1380. The molecule has 38 heavy (non-hydrogen) atoms. The van der Waals surface area contributed by atoms with Gasteiger partial charge in [-0.1, -0.05) is 42.5 Å². The quantitative estimate of drug-likeness (QED) is 0.351.